The minimum Gasteiger partial charge on any atom is -0.494 e. The fourth-order valence-electron chi connectivity index (χ4n) is 3.74. The SMILES string of the molecule is CCc1noc(N2CCC(CCCOc3ccc(C(=O)NCCO)c(C)c3)CC2)n1. The number of aromatic nitrogens is 2. The Hall–Kier alpha value is -2.61. The maximum Gasteiger partial charge on any atom is 0.324 e. The molecule has 164 valence electrons. The molecule has 1 aliphatic rings. The Morgan fingerprint density at radius 1 is 1.37 bits per heavy atom. The number of nitrogens with zero attached hydrogens (tertiary/aromatic N) is 3. The second-order valence-electron chi connectivity index (χ2n) is 7.72. The maximum atomic E-state index is 12.0. The fraction of sp³-hybridized carbons (Fsp3) is 0.591. The summed E-state index contributed by atoms with van der Waals surface area (Å²) in [5.74, 6) is 2.06. The van der Waals surface area contributed by atoms with E-state index in [-0.39, 0.29) is 19.1 Å². The molecule has 1 aromatic carbocycles. The van der Waals surface area contributed by atoms with Gasteiger partial charge in [-0.25, -0.2) is 0 Å². The summed E-state index contributed by atoms with van der Waals surface area (Å²) in [4.78, 5) is 18.6. The highest BCUT2D eigenvalue weighted by molar-refractivity contribution is 5.95. The third-order valence-electron chi connectivity index (χ3n) is 5.52. The molecular weight excluding hydrogens is 384 g/mol. The minimum absolute atomic E-state index is 0.0677. The molecule has 1 fully saturated rings. The number of nitrogens with one attached hydrogen (secondary N) is 1. The smallest absolute Gasteiger partial charge is 0.324 e. The van der Waals surface area contributed by atoms with E-state index in [1.807, 2.05) is 26.0 Å². The highest BCUT2D eigenvalue weighted by atomic mass is 16.5. The maximum absolute atomic E-state index is 12.0. The summed E-state index contributed by atoms with van der Waals surface area (Å²) in [5, 5.41) is 15.5. The number of rotatable bonds is 10. The van der Waals surface area contributed by atoms with Gasteiger partial charge >= 0.3 is 6.01 Å². The first-order valence-corrected chi connectivity index (χ1v) is 10.8. The highest BCUT2D eigenvalue weighted by Gasteiger charge is 2.22. The molecule has 0 saturated carbocycles. The summed E-state index contributed by atoms with van der Waals surface area (Å²) in [6.07, 6.45) is 5.18. The third-order valence-corrected chi connectivity index (χ3v) is 5.52. The van der Waals surface area contributed by atoms with Crippen molar-refractivity contribution in [3.63, 3.8) is 0 Å². The molecule has 1 saturated heterocycles. The fourth-order valence-corrected chi connectivity index (χ4v) is 3.74. The van der Waals surface area contributed by atoms with E-state index in [1.165, 1.54) is 0 Å². The predicted molar refractivity (Wildman–Crippen MR) is 114 cm³/mol. The lowest BCUT2D eigenvalue weighted by molar-refractivity contribution is 0.0944. The predicted octanol–water partition coefficient (Wildman–Crippen LogP) is 2.74. The van der Waals surface area contributed by atoms with E-state index in [0.29, 0.717) is 24.1 Å². The number of ether oxygens (including phenoxy) is 1. The first-order chi connectivity index (χ1) is 14.6. The van der Waals surface area contributed by atoms with E-state index >= 15 is 0 Å². The van der Waals surface area contributed by atoms with Crippen LogP contribution in [-0.2, 0) is 6.42 Å². The van der Waals surface area contributed by atoms with Crippen molar-refractivity contribution in [2.24, 2.45) is 5.92 Å². The number of aliphatic hydroxyl groups excluding tert-OH is 1. The standard InChI is InChI=1S/C22H32N4O4/c1-3-20-24-22(30-25-20)26-11-8-17(9-12-26)5-4-14-29-18-6-7-19(16(2)15-18)21(28)23-10-13-27/h6-7,15,17,27H,3-5,8-14H2,1-2H3,(H,23,28). The third kappa shape index (κ3) is 5.95. The van der Waals surface area contributed by atoms with Crippen LogP contribution in [0.25, 0.3) is 0 Å². The van der Waals surface area contributed by atoms with Crippen molar-refractivity contribution in [2.45, 2.75) is 46.0 Å². The Kier molecular flexibility index (Phi) is 8.07. The quantitative estimate of drug-likeness (QED) is 0.574. The Morgan fingerprint density at radius 2 is 2.17 bits per heavy atom. The zero-order chi connectivity index (χ0) is 21.3. The molecule has 8 nitrogen and oxygen atoms in total. The molecule has 2 aromatic rings. The Balaban J connectivity index is 1.36. The van der Waals surface area contributed by atoms with E-state index in [1.54, 1.807) is 6.07 Å². The minimum atomic E-state index is -0.175. The summed E-state index contributed by atoms with van der Waals surface area (Å²) in [6.45, 7) is 6.67. The van der Waals surface area contributed by atoms with Gasteiger partial charge in [0.05, 0.1) is 13.2 Å². The van der Waals surface area contributed by atoms with Gasteiger partial charge in [-0.3, -0.25) is 4.79 Å². The van der Waals surface area contributed by atoms with Gasteiger partial charge in [0.2, 0.25) is 0 Å². The number of amides is 1. The van der Waals surface area contributed by atoms with Crippen molar-refractivity contribution in [1.29, 1.82) is 0 Å². The summed E-state index contributed by atoms with van der Waals surface area (Å²) in [6, 6.07) is 6.14. The number of piperidine rings is 1. The van der Waals surface area contributed by atoms with Crippen molar-refractivity contribution in [3.05, 3.63) is 35.2 Å². The van der Waals surface area contributed by atoms with Crippen LogP contribution < -0.4 is 15.0 Å². The molecule has 2 N–H and O–H groups in total. The number of hydrogen-bond donors (Lipinski definition) is 2. The molecule has 1 aliphatic heterocycles. The lowest BCUT2D eigenvalue weighted by Gasteiger charge is -2.30. The van der Waals surface area contributed by atoms with E-state index in [9.17, 15) is 4.79 Å². The van der Waals surface area contributed by atoms with Crippen LogP contribution in [0.15, 0.2) is 22.7 Å². The van der Waals surface area contributed by atoms with Crippen molar-refractivity contribution < 1.29 is 19.2 Å². The summed E-state index contributed by atoms with van der Waals surface area (Å²) in [7, 11) is 0. The van der Waals surface area contributed by atoms with Crippen LogP contribution in [0.2, 0.25) is 0 Å². The van der Waals surface area contributed by atoms with Crippen molar-refractivity contribution in [3.8, 4) is 5.75 Å². The first-order valence-electron chi connectivity index (χ1n) is 10.8. The van der Waals surface area contributed by atoms with E-state index in [4.69, 9.17) is 14.4 Å². The average molecular weight is 417 g/mol. The molecule has 2 heterocycles. The second-order valence-corrected chi connectivity index (χ2v) is 7.72. The van der Waals surface area contributed by atoms with Crippen LogP contribution >= 0.6 is 0 Å². The number of carbonyl (C=O) groups excluding carboxylic acids is 1. The lowest BCUT2D eigenvalue weighted by atomic mass is 9.92. The van der Waals surface area contributed by atoms with Gasteiger partial charge in [0.1, 0.15) is 5.75 Å². The monoisotopic (exact) mass is 416 g/mol. The number of aryl methyl sites for hydroxylation is 2. The molecule has 0 aliphatic carbocycles. The molecule has 0 atom stereocenters. The van der Waals surface area contributed by atoms with Crippen LogP contribution in [0.5, 0.6) is 5.75 Å². The normalized spacial score (nSPS) is 14.7. The lowest BCUT2D eigenvalue weighted by Crippen LogP contribution is -2.34. The number of hydrogen-bond acceptors (Lipinski definition) is 7. The molecule has 0 radical (unpaired) electrons. The van der Waals surface area contributed by atoms with Gasteiger partial charge in [-0.1, -0.05) is 12.1 Å². The summed E-state index contributed by atoms with van der Waals surface area (Å²) in [5.41, 5.74) is 1.47. The van der Waals surface area contributed by atoms with Crippen LogP contribution in [0, 0.1) is 12.8 Å². The number of benzene rings is 1. The van der Waals surface area contributed by atoms with Gasteiger partial charge in [-0.2, -0.15) is 4.98 Å². The van der Waals surface area contributed by atoms with Gasteiger partial charge < -0.3 is 24.6 Å². The van der Waals surface area contributed by atoms with Crippen LogP contribution in [0.4, 0.5) is 6.01 Å². The van der Waals surface area contributed by atoms with Gasteiger partial charge in [-0.15, -0.1) is 0 Å². The molecule has 8 heteroatoms. The van der Waals surface area contributed by atoms with E-state index in [0.717, 1.165) is 62.3 Å². The summed E-state index contributed by atoms with van der Waals surface area (Å²) >= 11 is 0. The molecule has 30 heavy (non-hydrogen) atoms. The van der Waals surface area contributed by atoms with Gasteiger partial charge in [0.25, 0.3) is 5.91 Å². The molecule has 1 amide bonds. The zero-order valence-corrected chi connectivity index (χ0v) is 17.9. The molecular formula is C22H32N4O4. The number of carbonyl (C=O) groups is 1. The van der Waals surface area contributed by atoms with Crippen molar-refractivity contribution >= 4 is 11.9 Å². The van der Waals surface area contributed by atoms with Crippen LogP contribution in [-0.4, -0.2) is 54.0 Å². The Bertz CT molecular complexity index is 815. The molecule has 3 rings (SSSR count). The number of aliphatic hydroxyl groups is 1. The van der Waals surface area contributed by atoms with Gasteiger partial charge in [0.15, 0.2) is 5.82 Å². The van der Waals surface area contributed by atoms with Gasteiger partial charge in [0, 0.05) is 31.6 Å². The largest absolute Gasteiger partial charge is 0.494 e. The second kappa shape index (κ2) is 11.0. The van der Waals surface area contributed by atoms with Gasteiger partial charge in [-0.05, 0) is 62.3 Å². The molecule has 0 spiro atoms. The van der Waals surface area contributed by atoms with E-state index in [2.05, 4.69) is 20.4 Å². The van der Waals surface area contributed by atoms with Crippen molar-refractivity contribution in [1.82, 2.24) is 15.5 Å². The Morgan fingerprint density at radius 3 is 2.83 bits per heavy atom. The van der Waals surface area contributed by atoms with Crippen LogP contribution in [0.3, 0.4) is 0 Å². The van der Waals surface area contributed by atoms with Crippen molar-refractivity contribution in [2.75, 3.05) is 37.7 Å². The number of anilines is 1. The topological polar surface area (TPSA) is 101 Å². The van der Waals surface area contributed by atoms with E-state index < -0.39 is 0 Å². The highest BCUT2D eigenvalue weighted by Crippen LogP contribution is 2.25. The molecule has 0 unspecified atom stereocenters. The average Bonchev–Trinajstić information content (AvgIpc) is 3.25. The zero-order valence-electron chi connectivity index (χ0n) is 17.9. The summed E-state index contributed by atoms with van der Waals surface area (Å²) < 4.78 is 11.2. The molecule has 1 aromatic heterocycles. The van der Waals surface area contributed by atoms with Crippen LogP contribution in [0.1, 0.15) is 54.4 Å². The first kappa shape index (κ1) is 22.1. The molecule has 0 bridgehead atoms. The Labute approximate surface area is 177 Å².